The molecule has 108 valence electrons. The topological polar surface area (TPSA) is 53.2 Å². The van der Waals surface area contributed by atoms with Gasteiger partial charge in [-0.15, -0.1) is 13.2 Å². The first-order valence-electron chi connectivity index (χ1n) is 5.93. The number of ether oxygens (including phenoxy) is 1. The molecule has 0 aliphatic rings. The first-order valence-corrected chi connectivity index (χ1v) is 5.93. The Hall–Kier alpha value is -2.52. The highest BCUT2D eigenvalue weighted by Gasteiger charge is 2.31. The van der Waals surface area contributed by atoms with Gasteiger partial charge in [0.05, 0.1) is 18.2 Å². The van der Waals surface area contributed by atoms with E-state index in [4.69, 9.17) is 10.4 Å². The van der Waals surface area contributed by atoms with E-state index in [0.29, 0.717) is 16.7 Å². The summed E-state index contributed by atoms with van der Waals surface area (Å²) >= 11 is 0. The zero-order chi connectivity index (χ0) is 15.5. The van der Waals surface area contributed by atoms with E-state index in [1.807, 2.05) is 6.07 Å². The monoisotopic (exact) mass is 293 g/mol. The molecule has 0 bridgehead atoms. The van der Waals surface area contributed by atoms with Crippen LogP contribution in [0.25, 0.3) is 11.1 Å². The number of hydrogen-bond acceptors (Lipinski definition) is 3. The van der Waals surface area contributed by atoms with Crippen molar-refractivity contribution in [1.29, 1.82) is 5.26 Å². The molecule has 0 unspecified atom stereocenters. The summed E-state index contributed by atoms with van der Waals surface area (Å²) in [6, 6.07) is 12.0. The lowest BCUT2D eigenvalue weighted by Gasteiger charge is -2.11. The molecule has 21 heavy (non-hydrogen) atoms. The molecular formula is C15H10F3NO2. The van der Waals surface area contributed by atoms with Crippen LogP contribution >= 0.6 is 0 Å². The number of benzene rings is 2. The second-order valence-corrected chi connectivity index (χ2v) is 4.22. The Kier molecular flexibility index (Phi) is 4.15. The van der Waals surface area contributed by atoms with E-state index in [1.54, 1.807) is 24.3 Å². The highest BCUT2D eigenvalue weighted by atomic mass is 19.4. The zero-order valence-electron chi connectivity index (χ0n) is 10.7. The molecule has 0 radical (unpaired) electrons. The molecule has 0 amide bonds. The van der Waals surface area contributed by atoms with Gasteiger partial charge in [0.2, 0.25) is 0 Å². The highest BCUT2D eigenvalue weighted by Crippen LogP contribution is 2.30. The van der Waals surface area contributed by atoms with Crippen LogP contribution in [0.5, 0.6) is 5.75 Å². The molecule has 0 aromatic heterocycles. The number of halogens is 3. The van der Waals surface area contributed by atoms with E-state index < -0.39 is 6.36 Å². The van der Waals surface area contributed by atoms with Crippen LogP contribution in [0.2, 0.25) is 0 Å². The predicted octanol–water partition coefficient (Wildman–Crippen LogP) is 3.62. The fourth-order valence-corrected chi connectivity index (χ4v) is 1.85. The van der Waals surface area contributed by atoms with Crippen LogP contribution in [-0.2, 0) is 6.61 Å². The van der Waals surface area contributed by atoms with Crippen LogP contribution in [-0.4, -0.2) is 11.5 Å². The first kappa shape index (κ1) is 14.9. The van der Waals surface area contributed by atoms with Crippen molar-refractivity contribution < 1.29 is 23.0 Å². The van der Waals surface area contributed by atoms with Gasteiger partial charge in [0, 0.05) is 5.56 Å². The molecule has 0 saturated carbocycles. The van der Waals surface area contributed by atoms with E-state index in [1.165, 1.54) is 12.1 Å². The van der Waals surface area contributed by atoms with E-state index in [2.05, 4.69) is 4.74 Å². The second-order valence-electron chi connectivity index (χ2n) is 4.22. The van der Waals surface area contributed by atoms with E-state index >= 15 is 0 Å². The first-order chi connectivity index (χ1) is 9.93. The van der Waals surface area contributed by atoms with Crippen LogP contribution in [0.3, 0.4) is 0 Å². The lowest BCUT2D eigenvalue weighted by molar-refractivity contribution is -0.274. The molecule has 0 atom stereocenters. The third-order valence-electron chi connectivity index (χ3n) is 2.79. The number of aliphatic hydroxyl groups excluding tert-OH is 1. The standard InChI is InChI=1S/C15H10F3NO2/c16-15(17,18)21-13-6-5-12(8-19)14(7-13)11-3-1-10(9-20)2-4-11/h1-7,20H,9H2. The molecule has 3 nitrogen and oxygen atoms in total. The summed E-state index contributed by atoms with van der Waals surface area (Å²) < 4.78 is 40.6. The molecular weight excluding hydrogens is 283 g/mol. The van der Waals surface area contributed by atoms with Crippen molar-refractivity contribution in [3.05, 3.63) is 53.6 Å². The minimum absolute atomic E-state index is 0.136. The smallest absolute Gasteiger partial charge is 0.406 e. The minimum Gasteiger partial charge on any atom is -0.406 e. The van der Waals surface area contributed by atoms with Crippen molar-refractivity contribution in [1.82, 2.24) is 0 Å². The zero-order valence-corrected chi connectivity index (χ0v) is 10.7. The van der Waals surface area contributed by atoms with Gasteiger partial charge in [-0.2, -0.15) is 5.26 Å². The lowest BCUT2D eigenvalue weighted by atomic mass is 9.99. The molecule has 6 heteroatoms. The number of rotatable bonds is 3. The van der Waals surface area contributed by atoms with Crippen molar-refractivity contribution in [2.45, 2.75) is 13.0 Å². The molecule has 0 aliphatic carbocycles. The summed E-state index contributed by atoms with van der Waals surface area (Å²) in [4.78, 5) is 0. The molecule has 0 fully saturated rings. The number of alkyl halides is 3. The van der Waals surface area contributed by atoms with Gasteiger partial charge in [-0.1, -0.05) is 24.3 Å². The molecule has 2 aromatic rings. The van der Waals surface area contributed by atoms with Crippen molar-refractivity contribution in [2.24, 2.45) is 0 Å². The SMILES string of the molecule is N#Cc1ccc(OC(F)(F)F)cc1-c1ccc(CO)cc1. The maximum atomic E-state index is 12.2. The summed E-state index contributed by atoms with van der Waals surface area (Å²) in [7, 11) is 0. The number of aliphatic hydroxyl groups is 1. The van der Waals surface area contributed by atoms with Crippen LogP contribution in [0.4, 0.5) is 13.2 Å². The number of nitrogens with zero attached hydrogens (tertiary/aromatic N) is 1. The summed E-state index contributed by atoms with van der Waals surface area (Å²) in [5.74, 6) is -0.386. The van der Waals surface area contributed by atoms with Crippen molar-refractivity contribution >= 4 is 0 Å². The third kappa shape index (κ3) is 3.74. The van der Waals surface area contributed by atoms with Crippen LogP contribution in [0.15, 0.2) is 42.5 Å². The second kappa shape index (κ2) is 5.85. The largest absolute Gasteiger partial charge is 0.573 e. The van der Waals surface area contributed by atoms with Gasteiger partial charge in [0.25, 0.3) is 0 Å². The summed E-state index contributed by atoms with van der Waals surface area (Å²) in [5, 5.41) is 18.0. The maximum Gasteiger partial charge on any atom is 0.573 e. The van der Waals surface area contributed by atoms with Gasteiger partial charge in [-0.25, -0.2) is 0 Å². The molecule has 0 heterocycles. The van der Waals surface area contributed by atoms with Gasteiger partial charge >= 0.3 is 6.36 Å². The van der Waals surface area contributed by atoms with Crippen LogP contribution < -0.4 is 4.74 Å². The third-order valence-corrected chi connectivity index (χ3v) is 2.79. The van der Waals surface area contributed by atoms with Gasteiger partial charge in [-0.3, -0.25) is 0 Å². The number of nitriles is 1. The molecule has 2 rings (SSSR count). The van der Waals surface area contributed by atoms with Gasteiger partial charge in [0.15, 0.2) is 0 Å². The van der Waals surface area contributed by atoms with Crippen molar-refractivity contribution in [3.8, 4) is 22.9 Å². The Balaban J connectivity index is 2.44. The van der Waals surface area contributed by atoms with E-state index in [-0.39, 0.29) is 17.9 Å². The summed E-state index contributed by atoms with van der Waals surface area (Å²) in [5.41, 5.74) is 1.81. The maximum absolute atomic E-state index is 12.2. The molecule has 0 spiro atoms. The lowest BCUT2D eigenvalue weighted by Crippen LogP contribution is -2.17. The molecule has 2 aromatic carbocycles. The van der Waals surface area contributed by atoms with Crippen LogP contribution in [0, 0.1) is 11.3 Å². The fourth-order valence-electron chi connectivity index (χ4n) is 1.85. The van der Waals surface area contributed by atoms with Gasteiger partial charge in [0.1, 0.15) is 5.75 Å². The van der Waals surface area contributed by atoms with Gasteiger partial charge in [-0.05, 0) is 29.3 Å². The average Bonchev–Trinajstić information content (AvgIpc) is 2.45. The molecule has 1 N–H and O–H groups in total. The Morgan fingerprint density at radius 1 is 1.10 bits per heavy atom. The van der Waals surface area contributed by atoms with Gasteiger partial charge < -0.3 is 9.84 Å². The summed E-state index contributed by atoms with van der Waals surface area (Å²) in [6.07, 6.45) is -4.79. The average molecular weight is 293 g/mol. The Labute approximate surface area is 118 Å². The van der Waals surface area contributed by atoms with Crippen molar-refractivity contribution in [3.63, 3.8) is 0 Å². The normalized spacial score (nSPS) is 11.0. The molecule has 0 aliphatic heterocycles. The fraction of sp³-hybridized carbons (Fsp3) is 0.133. The summed E-state index contributed by atoms with van der Waals surface area (Å²) in [6.45, 7) is -0.136. The Bertz CT molecular complexity index is 673. The number of hydrogen-bond donors (Lipinski definition) is 1. The Morgan fingerprint density at radius 2 is 1.76 bits per heavy atom. The van der Waals surface area contributed by atoms with Crippen LogP contribution in [0.1, 0.15) is 11.1 Å². The predicted molar refractivity (Wildman–Crippen MR) is 69.2 cm³/mol. The van der Waals surface area contributed by atoms with E-state index in [9.17, 15) is 13.2 Å². The minimum atomic E-state index is -4.79. The molecule has 0 saturated heterocycles. The quantitative estimate of drug-likeness (QED) is 0.940. The van der Waals surface area contributed by atoms with Crippen molar-refractivity contribution in [2.75, 3.05) is 0 Å². The Morgan fingerprint density at radius 3 is 2.29 bits per heavy atom. The van der Waals surface area contributed by atoms with E-state index in [0.717, 1.165) is 6.07 Å². The highest BCUT2D eigenvalue weighted by molar-refractivity contribution is 5.72.